The molecule has 0 saturated heterocycles. The predicted molar refractivity (Wildman–Crippen MR) is 91.4 cm³/mol. The molecule has 2 aromatic rings. The summed E-state index contributed by atoms with van der Waals surface area (Å²) in [6, 6.07) is 5.42. The summed E-state index contributed by atoms with van der Waals surface area (Å²) in [5.41, 5.74) is 0.883. The number of hydrogen-bond donors (Lipinski definition) is 2. The van der Waals surface area contributed by atoms with E-state index in [4.69, 9.17) is 47.0 Å². The fraction of sp³-hybridized carbons (Fsp3) is 0.154. The van der Waals surface area contributed by atoms with Crippen LogP contribution >= 0.6 is 47.0 Å². The highest BCUT2D eigenvalue weighted by Crippen LogP contribution is 2.24. The van der Waals surface area contributed by atoms with Gasteiger partial charge < -0.3 is 10.6 Å². The largest absolute Gasteiger partial charge is 0.362 e. The second-order valence-corrected chi connectivity index (χ2v) is 5.61. The normalized spacial score (nSPS) is 10.2. The van der Waals surface area contributed by atoms with Crippen LogP contribution in [0.4, 0.5) is 5.82 Å². The number of thiocarbonyl (C=S) groups is 1. The highest BCUT2D eigenvalue weighted by Gasteiger charge is 2.07. The molecule has 2 rings (SSSR count). The molecule has 110 valence electrons. The highest BCUT2D eigenvalue weighted by molar-refractivity contribution is 7.80. The third-order valence-electron chi connectivity index (χ3n) is 2.61. The lowest BCUT2D eigenvalue weighted by Crippen LogP contribution is -2.30. The van der Waals surface area contributed by atoms with Crippen LogP contribution in [0.3, 0.4) is 0 Å². The van der Waals surface area contributed by atoms with Crippen molar-refractivity contribution in [2.75, 3.05) is 11.9 Å². The number of hydrogen-bond acceptors (Lipinski definition) is 3. The van der Waals surface area contributed by atoms with Gasteiger partial charge in [0.15, 0.2) is 16.1 Å². The minimum absolute atomic E-state index is 0.260. The van der Waals surface area contributed by atoms with Crippen LogP contribution < -0.4 is 10.6 Å². The number of rotatable bonds is 4. The average molecular weight is 362 g/mol. The van der Waals surface area contributed by atoms with E-state index in [1.165, 1.54) is 12.4 Å². The molecule has 0 saturated carbocycles. The van der Waals surface area contributed by atoms with Crippen molar-refractivity contribution >= 4 is 58.0 Å². The summed E-state index contributed by atoms with van der Waals surface area (Å²) in [4.78, 5) is 7.94. The zero-order chi connectivity index (χ0) is 15.2. The number of aromatic nitrogens is 2. The van der Waals surface area contributed by atoms with E-state index in [-0.39, 0.29) is 5.15 Å². The third kappa shape index (κ3) is 4.68. The fourth-order valence-electron chi connectivity index (χ4n) is 1.63. The van der Waals surface area contributed by atoms with Gasteiger partial charge in [0.05, 0.1) is 0 Å². The second kappa shape index (κ2) is 7.75. The second-order valence-electron chi connectivity index (χ2n) is 4.03. The van der Waals surface area contributed by atoms with E-state index in [2.05, 4.69) is 20.6 Å². The smallest absolute Gasteiger partial charge is 0.172 e. The molecule has 1 heterocycles. The molecule has 0 atom stereocenters. The summed E-state index contributed by atoms with van der Waals surface area (Å²) in [7, 11) is 0. The Hall–Kier alpha value is -1.14. The van der Waals surface area contributed by atoms with Gasteiger partial charge in [0, 0.05) is 29.0 Å². The Labute approximate surface area is 142 Å². The minimum atomic E-state index is 0.260. The molecule has 1 aromatic heterocycles. The van der Waals surface area contributed by atoms with Crippen LogP contribution in [0.1, 0.15) is 5.56 Å². The Morgan fingerprint density at radius 2 is 1.76 bits per heavy atom. The van der Waals surface area contributed by atoms with E-state index in [0.29, 0.717) is 33.9 Å². The first-order valence-corrected chi connectivity index (χ1v) is 7.56. The Kier molecular flexibility index (Phi) is 5.99. The van der Waals surface area contributed by atoms with Gasteiger partial charge in [0.2, 0.25) is 0 Å². The predicted octanol–water partition coefficient (Wildman–Crippen LogP) is 3.97. The molecule has 0 bridgehead atoms. The molecular formula is C13H11Cl3N4S. The quantitative estimate of drug-likeness (QED) is 0.807. The van der Waals surface area contributed by atoms with Gasteiger partial charge in [0.25, 0.3) is 0 Å². The van der Waals surface area contributed by atoms with Gasteiger partial charge in [-0.3, -0.25) is 0 Å². The Balaban J connectivity index is 1.86. The van der Waals surface area contributed by atoms with Gasteiger partial charge in [0.1, 0.15) is 0 Å². The summed E-state index contributed by atoms with van der Waals surface area (Å²) in [5, 5.41) is 7.85. The van der Waals surface area contributed by atoms with Crippen molar-refractivity contribution < 1.29 is 0 Å². The van der Waals surface area contributed by atoms with E-state index in [0.717, 1.165) is 5.56 Å². The SMILES string of the molecule is S=C(NCCc1c(Cl)cccc1Cl)Nc1nccnc1Cl. The van der Waals surface area contributed by atoms with E-state index >= 15 is 0 Å². The first kappa shape index (κ1) is 16.2. The molecule has 0 unspecified atom stereocenters. The van der Waals surface area contributed by atoms with Crippen molar-refractivity contribution in [2.45, 2.75) is 6.42 Å². The minimum Gasteiger partial charge on any atom is -0.362 e. The molecule has 8 heteroatoms. The number of benzene rings is 1. The molecule has 0 amide bonds. The van der Waals surface area contributed by atoms with Crippen LogP contribution in [0, 0.1) is 0 Å². The first-order chi connectivity index (χ1) is 10.1. The maximum absolute atomic E-state index is 6.10. The van der Waals surface area contributed by atoms with Gasteiger partial charge in [-0.2, -0.15) is 0 Å². The number of nitrogens with zero attached hydrogens (tertiary/aromatic N) is 2. The number of nitrogens with one attached hydrogen (secondary N) is 2. The molecule has 21 heavy (non-hydrogen) atoms. The van der Waals surface area contributed by atoms with Crippen LogP contribution in [0.15, 0.2) is 30.6 Å². The monoisotopic (exact) mass is 360 g/mol. The van der Waals surface area contributed by atoms with Crippen molar-refractivity contribution in [1.82, 2.24) is 15.3 Å². The lowest BCUT2D eigenvalue weighted by molar-refractivity contribution is 0.873. The zero-order valence-corrected chi connectivity index (χ0v) is 13.8. The summed E-state index contributed by atoms with van der Waals surface area (Å²) in [6.45, 7) is 0.577. The van der Waals surface area contributed by atoms with E-state index in [1.54, 1.807) is 12.1 Å². The van der Waals surface area contributed by atoms with Gasteiger partial charge >= 0.3 is 0 Å². The summed E-state index contributed by atoms with van der Waals surface area (Å²) >= 11 is 23.2. The van der Waals surface area contributed by atoms with E-state index in [9.17, 15) is 0 Å². The van der Waals surface area contributed by atoms with E-state index < -0.39 is 0 Å². The third-order valence-corrected chi connectivity index (χ3v) is 3.84. The van der Waals surface area contributed by atoms with Crippen molar-refractivity contribution in [1.29, 1.82) is 0 Å². The van der Waals surface area contributed by atoms with Gasteiger partial charge in [-0.1, -0.05) is 40.9 Å². The molecule has 0 aliphatic rings. The van der Waals surface area contributed by atoms with Crippen LogP contribution in [-0.4, -0.2) is 21.6 Å². The molecule has 2 N–H and O–H groups in total. The first-order valence-electron chi connectivity index (χ1n) is 6.02. The van der Waals surface area contributed by atoms with Crippen molar-refractivity contribution in [3.05, 3.63) is 51.4 Å². The Bertz CT molecular complexity index is 631. The molecule has 0 radical (unpaired) electrons. The van der Waals surface area contributed by atoms with Crippen molar-refractivity contribution in [3.63, 3.8) is 0 Å². The molecule has 4 nitrogen and oxygen atoms in total. The molecule has 0 fully saturated rings. The summed E-state index contributed by atoms with van der Waals surface area (Å²) in [6.07, 6.45) is 3.68. The maximum Gasteiger partial charge on any atom is 0.172 e. The van der Waals surface area contributed by atoms with Gasteiger partial charge in [-0.05, 0) is 36.3 Å². The lowest BCUT2D eigenvalue weighted by atomic mass is 10.1. The highest BCUT2D eigenvalue weighted by atomic mass is 35.5. The Morgan fingerprint density at radius 3 is 2.43 bits per heavy atom. The molecular weight excluding hydrogens is 351 g/mol. The summed E-state index contributed by atoms with van der Waals surface area (Å²) in [5.74, 6) is 0.410. The van der Waals surface area contributed by atoms with Crippen LogP contribution in [0.25, 0.3) is 0 Å². The van der Waals surface area contributed by atoms with Crippen molar-refractivity contribution in [3.8, 4) is 0 Å². The van der Waals surface area contributed by atoms with Gasteiger partial charge in [-0.25, -0.2) is 9.97 Å². The standard InChI is InChI=1S/C13H11Cl3N4S/c14-9-2-1-3-10(15)8(9)4-5-19-13(21)20-12-11(16)17-6-7-18-12/h1-3,6-7H,4-5H2,(H2,18,19,20,21). The average Bonchev–Trinajstić information content (AvgIpc) is 2.45. The van der Waals surface area contributed by atoms with Crippen LogP contribution in [0.2, 0.25) is 15.2 Å². The van der Waals surface area contributed by atoms with Gasteiger partial charge in [-0.15, -0.1) is 0 Å². The van der Waals surface area contributed by atoms with Crippen LogP contribution in [-0.2, 0) is 6.42 Å². The maximum atomic E-state index is 6.10. The van der Waals surface area contributed by atoms with Crippen molar-refractivity contribution in [2.24, 2.45) is 0 Å². The zero-order valence-electron chi connectivity index (χ0n) is 10.7. The topological polar surface area (TPSA) is 49.8 Å². The molecule has 0 aliphatic carbocycles. The van der Waals surface area contributed by atoms with Crippen LogP contribution in [0.5, 0.6) is 0 Å². The summed E-state index contributed by atoms with van der Waals surface area (Å²) < 4.78 is 0. The molecule has 0 aliphatic heterocycles. The molecule has 0 spiro atoms. The molecule has 1 aromatic carbocycles. The number of halogens is 3. The lowest BCUT2D eigenvalue weighted by Gasteiger charge is -2.11. The Morgan fingerprint density at radius 1 is 1.10 bits per heavy atom. The van der Waals surface area contributed by atoms with E-state index in [1.807, 2.05) is 6.07 Å². The fourth-order valence-corrected chi connectivity index (χ4v) is 2.57. The number of anilines is 1.